The second kappa shape index (κ2) is 40.9. The Morgan fingerprint density at radius 3 is 0.641 bits per heavy atom. The van der Waals surface area contributed by atoms with Crippen LogP contribution in [0, 0.1) is 0 Å². The summed E-state index contributed by atoms with van der Waals surface area (Å²) >= 11 is 0. The molecule has 0 amide bonds. The summed E-state index contributed by atoms with van der Waals surface area (Å²) in [6.45, 7) is -5.75. The molecule has 30 atom stereocenters. The molecule has 0 aliphatic carbocycles. The zero-order valence-electron chi connectivity index (χ0n) is 47.8. The first-order chi connectivity index (χ1) is 42.2. The predicted octanol–water partition coefficient (Wildman–Crippen LogP) is -20.2. The maximum absolute atomic E-state index is 10.8. The molecular weight excluding hydrogens is 1430 g/mol. The van der Waals surface area contributed by atoms with Gasteiger partial charge in [-0.05, 0) is 0 Å². The molecule has 50 heteroatoms. The van der Waals surface area contributed by atoms with Crippen LogP contribution >= 0.6 is 0 Å². The standard InChI is InChI=1S/2C11H22O11S2.2C10H20O10S2/c2*12-1-5(14)10(18)11(22-24(19,20)21)7(16)4-23-3-6(15)9(17)8(23)2-13;2*11-1-5(13)10(20-22(17,18)19)7(15)4-21-3-6(14)9(16)8(21)2-12/h2*5-18H,1-4H2;2*5-16H,1-4H2/t5-,6+,7+,8+,9-,10+,11+,23?;5-,6+,7+,8+,9-,10+,11-,23?;5-,6+,7+,8+,9-,10+,21?;5-,6-,7-,8-,9+,10+,21?/m0001/s1. The summed E-state index contributed by atoms with van der Waals surface area (Å²) in [5.74, 6) is -0.917. The summed E-state index contributed by atoms with van der Waals surface area (Å²) in [5, 5.41) is 244. The largest absolute Gasteiger partial charge is 0.726 e. The first-order valence-corrected chi connectivity index (χ1v) is 38.4. The Bertz CT molecular complexity index is 2370. The zero-order chi connectivity index (χ0) is 71.5. The monoisotopic (exact) mass is 1520 g/mol. The van der Waals surface area contributed by atoms with Crippen molar-refractivity contribution in [3.63, 3.8) is 0 Å². The molecule has 4 aliphatic heterocycles. The molecule has 92 heavy (non-hydrogen) atoms. The molecule has 0 aromatic rings. The molecule has 0 saturated carbocycles. The first kappa shape index (κ1) is 89.9. The van der Waals surface area contributed by atoms with E-state index in [1.807, 2.05) is 0 Å². The number of aliphatic hydroxyl groups excluding tert-OH is 26. The molecule has 0 aromatic carbocycles. The van der Waals surface area contributed by atoms with Gasteiger partial charge >= 0.3 is 0 Å². The summed E-state index contributed by atoms with van der Waals surface area (Å²) in [6, 6.07) is 0. The Morgan fingerprint density at radius 2 is 0.478 bits per heavy atom. The molecule has 0 spiro atoms. The van der Waals surface area contributed by atoms with E-state index in [0.29, 0.717) is 0 Å². The lowest BCUT2D eigenvalue weighted by Crippen LogP contribution is -2.51. The lowest BCUT2D eigenvalue weighted by Gasteiger charge is -2.30. The van der Waals surface area contributed by atoms with Crippen molar-refractivity contribution in [3.05, 3.63) is 0 Å². The van der Waals surface area contributed by atoms with Gasteiger partial charge in [0.1, 0.15) is 180 Å². The second-order valence-electron chi connectivity index (χ2n) is 20.7. The molecule has 0 aromatic heterocycles. The molecule has 4 fully saturated rings. The van der Waals surface area contributed by atoms with Gasteiger partial charge in [-0.2, -0.15) is 0 Å². The van der Waals surface area contributed by atoms with Crippen LogP contribution in [-0.2, 0) is 102 Å². The Morgan fingerprint density at radius 1 is 0.304 bits per heavy atom. The average molecular weight is 1520 g/mol. The van der Waals surface area contributed by atoms with Crippen LogP contribution in [0.15, 0.2) is 0 Å². The van der Waals surface area contributed by atoms with E-state index in [1.165, 1.54) is 0 Å². The highest BCUT2D eigenvalue weighted by Crippen LogP contribution is 2.30. The van der Waals surface area contributed by atoms with Crippen molar-refractivity contribution in [3.8, 4) is 0 Å². The topological polar surface area (TPSA) is 792 Å². The van der Waals surface area contributed by atoms with Crippen LogP contribution in [0.2, 0.25) is 0 Å². The highest BCUT2D eigenvalue weighted by atomic mass is 32.3. The van der Waals surface area contributed by atoms with Crippen LogP contribution in [0.3, 0.4) is 0 Å². The molecule has 4 aliphatic rings. The summed E-state index contributed by atoms with van der Waals surface area (Å²) in [7, 11) is -24.8. The Hall–Kier alpha value is -0.160. The number of hydrogen-bond donors (Lipinski definition) is 26. The van der Waals surface area contributed by atoms with Gasteiger partial charge in [0, 0.05) is 43.6 Å². The quantitative estimate of drug-likeness (QED) is 0.0162. The van der Waals surface area contributed by atoms with E-state index in [2.05, 4.69) is 16.7 Å². The molecule has 552 valence electrons. The van der Waals surface area contributed by atoms with Crippen LogP contribution in [0.4, 0.5) is 0 Å². The fraction of sp³-hybridized carbons (Fsp3) is 1.00. The van der Waals surface area contributed by atoms with Gasteiger partial charge in [-0.25, -0.2) is 33.7 Å². The van der Waals surface area contributed by atoms with Gasteiger partial charge in [-0.15, -0.1) is 0 Å². The van der Waals surface area contributed by atoms with Crippen molar-refractivity contribution in [2.75, 3.05) is 98.9 Å². The van der Waals surface area contributed by atoms with Gasteiger partial charge in [-0.1, -0.05) is 0 Å². The third-order valence-corrected chi connectivity index (χ3v) is 27.1. The van der Waals surface area contributed by atoms with Gasteiger partial charge < -0.3 is 151 Å². The van der Waals surface area contributed by atoms with E-state index in [-0.39, 0.29) is 46.0 Å². The van der Waals surface area contributed by atoms with Crippen molar-refractivity contribution < 1.29 is 201 Å². The van der Waals surface area contributed by atoms with E-state index < -0.39 is 293 Å². The minimum Gasteiger partial charge on any atom is -0.726 e. The SMILES string of the molecule is O=S(=O)([O-])O[C@@H]([C@H](O)CO)[C@H](O)C[S+]1C[C@@H](O)[C@H](O)[C@H]1CO.O=S(=O)([O-])O[C@@H]([C@H](O)C[S+]1C[C@@H](O)[C@H](O)[C@H]1CO)[C@@H](O)CO.O=S(=O)([O-])O[C@@H]([C@H](O)[C@@H](O)CO)[C@H](O)C[S+]1C[C@@H](O)[C@H](O)[C@H]1CO.O=S(=O)([O-])O[C@H]([C@H](O)[C@@H](O)CO)[C@H](O)C[S+]1C[C@@H](O)[C@H](O)[C@H]1CO. The summed E-state index contributed by atoms with van der Waals surface area (Å²) in [5.41, 5.74) is 0. The maximum atomic E-state index is 10.8. The normalized spacial score (nSPS) is 33.4. The lowest BCUT2D eigenvalue weighted by atomic mass is 10.0. The maximum Gasteiger partial charge on any atom is 0.218 e. The lowest BCUT2D eigenvalue weighted by molar-refractivity contribution is -0.100. The smallest absolute Gasteiger partial charge is 0.218 e. The average Bonchev–Trinajstić information content (AvgIpc) is 1.82. The van der Waals surface area contributed by atoms with Crippen LogP contribution in [0.5, 0.6) is 0 Å². The molecule has 26 N–H and O–H groups in total. The first-order valence-electron chi connectivity index (χ1n) is 26.6. The van der Waals surface area contributed by atoms with Crippen LogP contribution in [0.1, 0.15) is 0 Å². The number of hydrogen-bond acceptors (Lipinski definition) is 42. The Labute approximate surface area is 538 Å². The summed E-state index contributed by atoms with van der Waals surface area (Å²) in [6.07, 6.45) is -35.6. The van der Waals surface area contributed by atoms with E-state index in [9.17, 15) is 164 Å². The summed E-state index contributed by atoms with van der Waals surface area (Å²) in [4.78, 5) is 0. The molecule has 42 nitrogen and oxygen atoms in total. The fourth-order valence-electron chi connectivity index (χ4n) is 9.30. The second-order valence-corrected chi connectivity index (χ2v) is 34.1. The highest BCUT2D eigenvalue weighted by Gasteiger charge is 2.55. The summed E-state index contributed by atoms with van der Waals surface area (Å²) < 4.78 is 145. The minimum atomic E-state index is -5.34. The highest BCUT2D eigenvalue weighted by molar-refractivity contribution is 7.98. The van der Waals surface area contributed by atoms with Gasteiger partial charge in [0.05, 0.1) is 52.9 Å². The Kier molecular flexibility index (Phi) is 40.0. The van der Waals surface area contributed by atoms with E-state index in [0.717, 1.165) is 0 Å². The van der Waals surface area contributed by atoms with Gasteiger partial charge in [0.25, 0.3) is 0 Å². The van der Waals surface area contributed by atoms with Gasteiger partial charge in [0.2, 0.25) is 41.6 Å². The molecule has 4 rings (SSSR count). The van der Waals surface area contributed by atoms with E-state index >= 15 is 0 Å². The number of aliphatic hydroxyl groups is 26. The molecule has 0 bridgehead atoms. The molecular formula is C42H84O42S8. The number of rotatable bonds is 34. The van der Waals surface area contributed by atoms with E-state index in [1.54, 1.807) is 0 Å². The molecule has 0 radical (unpaired) electrons. The molecule has 4 heterocycles. The van der Waals surface area contributed by atoms with Crippen molar-refractivity contribution in [2.45, 2.75) is 155 Å². The zero-order valence-corrected chi connectivity index (χ0v) is 54.3. The van der Waals surface area contributed by atoms with Gasteiger partial charge in [0.15, 0.2) is 21.0 Å². The van der Waals surface area contributed by atoms with Crippen LogP contribution in [0.25, 0.3) is 0 Å². The third kappa shape index (κ3) is 29.2. The minimum absolute atomic E-state index is 0.0128. The van der Waals surface area contributed by atoms with Gasteiger partial charge in [-0.3, -0.25) is 16.7 Å². The van der Waals surface area contributed by atoms with Crippen molar-refractivity contribution >= 4 is 85.2 Å². The third-order valence-electron chi connectivity index (χ3n) is 14.0. The van der Waals surface area contributed by atoms with E-state index in [4.69, 9.17) is 20.4 Å². The van der Waals surface area contributed by atoms with Crippen LogP contribution in [-0.4, -0.2) is 439 Å². The Balaban J connectivity index is 0.000000614. The molecule has 4 saturated heterocycles. The van der Waals surface area contributed by atoms with Crippen molar-refractivity contribution in [2.24, 2.45) is 0 Å². The van der Waals surface area contributed by atoms with Crippen molar-refractivity contribution in [1.29, 1.82) is 0 Å². The predicted molar refractivity (Wildman–Crippen MR) is 307 cm³/mol. The van der Waals surface area contributed by atoms with Crippen LogP contribution < -0.4 is 0 Å². The van der Waals surface area contributed by atoms with Crippen molar-refractivity contribution in [1.82, 2.24) is 0 Å². The molecule has 4 unspecified atom stereocenters. The fourth-order valence-corrected chi connectivity index (χ4v) is 22.1.